The number of para-hydroxylation sites is 1. The Kier molecular flexibility index (Phi) is 5.53. The van der Waals surface area contributed by atoms with Crippen molar-refractivity contribution >= 4 is 71.9 Å². The van der Waals surface area contributed by atoms with Crippen molar-refractivity contribution in [2.24, 2.45) is 0 Å². The molecule has 1 aliphatic heterocycles. The van der Waals surface area contributed by atoms with Gasteiger partial charge >= 0.3 is 0 Å². The summed E-state index contributed by atoms with van der Waals surface area (Å²) in [5, 5.41) is 12.1. The number of hydrogen-bond acceptors (Lipinski definition) is 7. The number of aromatic nitrogens is 1. The summed E-state index contributed by atoms with van der Waals surface area (Å²) in [4.78, 5) is 33.2. The highest BCUT2D eigenvalue weighted by molar-refractivity contribution is 14.1. The number of methoxy groups -OCH3 is 1. The topological polar surface area (TPSA) is 92.9 Å². The van der Waals surface area contributed by atoms with Crippen molar-refractivity contribution in [2.45, 2.75) is 6.04 Å². The van der Waals surface area contributed by atoms with Crippen molar-refractivity contribution in [2.75, 3.05) is 12.0 Å². The van der Waals surface area contributed by atoms with Gasteiger partial charge in [0.1, 0.15) is 11.3 Å². The van der Waals surface area contributed by atoms with Crippen LogP contribution in [0.3, 0.4) is 0 Å². The molecule has 0 bridgehead atoms. The molecule has 5 aromatic rings. The Morgan fingerprint density at radius 3 is 2.64 bits per heavy atom. The van der Waals surface area contributed by atoms with E-state index in [2.05, 4.69) is 27.6 Å². The van der Waals surface area contributed by atoms with Crippen LogP contribution in [0.4, 0.5) is 5.13 Å². The van der Waals surface area contributed by atoms with Crippen LogP contribution in [0.15, 0.2) is 88.5 Å². The number of Topliss-reactive ketones (excluding diaryl/α,β-unsaturated/α-hetero) is 1. The number of rotatable bonds is 5. The molecule has 0 radical (unpaired) electrons. The van der Waals surface area contributed by atoms with Gasteiger partial charge in [0.15, 0.2) is 16.7 Å². The number of ketones is 1. The molecule has 3 heterocycles. The second-order valence-electron chi connectivity index (χ2n) is 8.20. The molecule has 1 aliphatic rings. The summed E-state index contributed by atoms with van der Waals surface area (Å²) in [5.41, 5.74) is 1.86. The Hall–Kier alpha value is -3.70. The minimum Gasteiger partial charge on any atom is -0.503 e. The number of nitrogens with zero attached hydrogens (tertiary/aromatic N) is 2. The normalized spacial score (nSPS) is 15.9. The van der Waals surface area contributed by atoms with Crippen LogP contribution in [0.5, 0.6) is 5.75 Å². The van der Waals surface area contributed by atoms with E-state index in [0.717, 1.165) is 13.7 Å². The summed E-state index contributed by atoms with van der Waals surface area (Å²) in [7, 11) is 1.58. The molecule has 1 N–H and O–H groups in total. The van der Waals surface area contributed by atoms with Crippen LogP contribution in [0, 0.1) is 3.57 Å². The Balaban J connectivity index is 1.50. The largest absolute Gasteiger partial charge is 0.503 e. The fourth-order valence-corrected chi connectivity index (χ4v) is 5.72. The molecule has 0 fully saturated rings. The van der Waals surface area contributed by atoms with Crippen molar-refractivity contribution in [3.8, 4) is 5.75 Å². The summed E-state index contributed by atoms with van der Waals surface area (Å²) in [6.45, 7) is 0. The molecule has 7 nitrogen and oxygen atoms in total. The van der Waals surface area contributed by atoms with Crippen molar-refractivity contribution in [1.82, 2.24) is 4.98 Å². The van der Waals surface area contributed by atoms with Gasteiger partial charge in [-0.2, -0.15) is 0 Å². The fraction of sp³-hybridized carbons (Fsp3) is 0.0741. The number of benzene rings is 3. The number of hydrogen-bond donors (Lipinski definition) is 1. The molecule has 0 spiro atoms. The van der Waals surface area contributed by atoms with Gasteiger partial charge in [0.25, 0.3) is 5.91 Å². The van der Waals surface area contributed by atoms with Crippen molar-refractivity contribution in [3.05, 3.63) is 99.0 Å². The minimum absolute atomic E-state index is 0.0444. The molecule has 0 aliphatic carbocycles. The van der Waals surface area contributed by atoms with Gasteiger partial charge < -0.3 is 14.3 Å². The van der Waals surface area contributed by atoms with E-state index >= 15 is 0 Å². The van der Waals surface area contributed by atoms with E-state index < -0.39 is 23.5 Å². The third kappa shape index (κ3) is 3.66. The van der Waals surface area contributed by atoms with Crippen molar-refractivity contribution in [3.63, 3.8) is 0 Å². The van der Waals surface area contributed by atoms with Crippen LogP contribution in [0.25, 0.3) is 21.2 Å². The van der Waals surface area contributed by atoms with Crippen LogP contribution < -0.4 is 9.64 Å². The lowest BCUT2D eigenvalue weighted by atomic mass is 9.95. The standard InChI is InChI=1S/C27H17IN2O5S/c1-34-17-10-11-18-21(13-17)36-27(29-18)30-23(14-6-8-16(28)9-7-14)22(25(32)26(30)33)24(31)20-12-15-4-2-3-5-19(15)35-20/h2-13,23,32H,1H3. The van der Waals surface area contributed by atoms with Gasteiger partial charge in [-0.25, -0.2) is 4.98 Å². The number of carbonyl (C=O) groups excluding carboxylic acids is 2. The summed E-state index contributed by atoms with van der Waals surface area (Å²) >= 11 is 3.48. The average Bonchev–Trinajstić information content (AvgIpc) is 3.58. The van der Waals surface area contributed by atoms with Gasteiger partial charge in [0.2, 0.25) is 5.78 Å². The Labute approximate surface area is 222 Å². The molecule has 36 heavy (non-hydrogen) atoms. The maximum atomic E-state index is 13.7. The van der Waals surface area contributed by atoms with Crippen LogP contribution in [-0.4, -0.2) is 28.9 Å². The predicted octanol–water partition coefficient (Wildman–Crippen LogP) is 6.44. The third-order valence-electron chi connectivity index (χ3n) is 6.08. The van der Waals surface area contributed by atoms with E-state index in [1.54, 1.807) is 25.3 Å². The molecular formula is C27H17IN2O5S. The van der Waals surface area contributed by atoms with E-state index in [1.165, 1.54) is 16.2 Å². The van der Waals surface area contributed by atoms with Gasteiger partial charge in [0.05, 0.1) is 28.9 Å². The number of thiazole rings is 1. The van der Waals surface area contributed by atoms with Gasteiger partial charge in [-0.3, -0.25) is 14.5 Å². The zero-order valence-corrected chi connectivity index (χ0v) is 21.7. The quantitative estimate of drug-likeness (QED) is 0.183. The number of halogens is 1. The lowest BCUT2D eigenvalue weighted by Crippen LogP contribution is -2.30. The summed E-state index contributed by atoms with van der Waals surface area (Å²) in [6.07, 6.45) is 0. The fourth-order valence-electron chi connectivity index (χ4n) is 4.34. The van der Waals surface area contributed by atoms with Crippen molar-refractivity contribution < 1.29 is 23.8 Å². The zero-order valence-electron chi connectivity index (χ0n) is 18.8. The molecule has 178 valence electrons. The monoisotopic (exact) mass is 608 g/mol. The first-order valence-electron chi connectivity index (χ1n) is 10.9. The molecule has 1 atom stereocenters. The summed E-state index contributed by atoms with van der Waals surface area (Å²) in [6, 6.07) is 20.9. The highest BCUT2D eigenvalue weighted by atomic mass is 127. The van der Waals surface area contributed by atoms with Crippen LogP contribution in [-0.2, 0) is 4.79 Å². The molecule has 1 unspecified atom stereocenters. The Morgan fingerprint density at radius 1 is 1.11 bits per heavy atom. The van der Waals surface area contributed by atoms with E-state index in [1.807, 2.05) is 54.6 Å². The van der Waals surface area contributed by atoms with Gasteiger partial charge in [-0.15, -0.1) is 0 Å². The highest BCUT2D eigenvalue weighted by Crippen LogP contribution is 2.44. The summed E-state index contributed by atoms with van der Waals surface area (Å²) < 4.78 is 12.9. The van der Waals surface area contributed by atoms with Gasteiger partial charge in [-0.05, 0) is 70.6 Å². The number of aliphatic hydroxyl groups is 1. The lowest BCUT2D eigenvalue weighted by Gasteiger charge is -2.24. The lowest BCUT2D eigenvalue weighted by molar-refractivity contribution is -0.117. The number of ether oxygens (including phenoxy) is 1. The minimum atomic E-state index is -0.877. The molecule has 2 aromatic heterocycles. The van der Waals surface area contributed by atoms with Crippen LogP contribution in [0.2, 0.25) is 0 Å². The van der Waals surface area contributed by atoms with Crippen LogP contribution >= 0.6 is 33.9 Å². The first-order chi connectivity index (χ1) is 17.4. The van der Waals surface area contributed by atoms with E-state index in [4.69, 9.17) is 9.15 Å². The predicted molar refractivity (Wildman–Crippen MR) is 146 cm³/mol. The first-order valence-corrected chi connectivity index (χ1v) is 12.8. The number of furan rings is 1. The number of fused-ring (bicyclic) bond motifs is 2. The number of amides is 1. The Bertz CT molecular complexity index is 1670. The summed E-state index contributed by atoms with van der Waals surface area (Å²) in [5.74, 6) is -1.13. The molecular weight excluding hydrogens is 591 g/mol. The molecule has 6 rings (SSSR count). The number of carbonyl (C=O) groups is 2. The molecule has 9 heteroatoms. The molecule has 1 amide bonds. The zero-order chi connectivity index (χ0) is 25.0. The number of aliphatic hydroxyl groups excluding tert-OH is 1. The highest BCUT2D eigenvalue weighted by Gasteiger charge is 2.46. The Morgan fingerprint density at radius 2 is 1.89 bits per heavy atom. The van der Waals surface area contributed by atoms with E-state index in [0.29, 0.717) is 27.5 Å². The number of anilines is 1. The second-order valence-corrected chi connectivity index (χ2v) is 10.5. The third-order valence-corrected chi connectivity index (χ3v) is 7.81. The molecule has 0 saturated carbocycles. The van der Waals surface area contributed by atoms with E-state index in [9.17, 15) is 14.7 Å². The van der Waals surface area contributed by atoms with Gasteiger partial charge in [-0.1, -0.05) is 41.7 Å². The average molecular weight is 608 g/mol. The maximum Gasteiger partial charge on any atom is 0.296 e. The smallest absolute Gasteiger partial charge is 0.296 e. The van der Waals surface area contributed by atoms with Crippen molar-refractivity contribution in [1.29, 1.82) is 0 Å². The second kappa shape index (κ2) is 8.75. The SMILES string of the molecule is COc1ccc2nc(N3C(=O)C(O)=C(C(=O)c4cc5ccccc5o4)C3c3ccc(I)cc3)sc2c1. The van der Waals surface area contributed by atoms with E-state index in [-0.39, 0.29) is 11.3 Å². The molecule has 0 saturated heterocycles. The molecule has 3 aromatic carbocycles. The van der Waals surface area contributed by atoms with Gasteiger partial charge in [0, 0.05) is 8.96 Å². The maximum absolute atomic E-state index is 13.7. The van der Waals surface area contributed by atoms with Crippen LogP contribution in [0.1, 0.15) is 22.2 Å². The first kappa shape index (κ1) is 22.7.